The van der Waals surface area contributed by atoms with E-state index in [4.69, 9.17) is 9.84 Å². The van der Waals surface area contributed by atoms with Crippen LogP contribution in [0.4, 0.5) is 4.79 Å². The Labute approximate surface area is 100 Å². The van der Waals surface area contributed by atoms with Crippen LogP contribution in [-0.2, 0) is 14.3 Å². The molecule has 0 saturated carbocycles. The summed E-state index contributed by atoms with van der Waals surface area (Å²) in [6, 6.07) is -0.920. The van der Waals surface area contributed by atoms with Crippen molar-refractivity contribution in [3.63, 3.8) is 0 Å². The van der Waals surface area contributed by atoms with Gasteiger partial charge in [0.25, 0.3) is 0 Å². The number of carboxylic acid groups (broad SMARTS) is 1. The van der Waals surface area contributed by atoms with Crippen LogP contribution in [0.2, 0.25) is 0 Å². The Morgan fingerprint density at radius 3 is 2.29 bits per heavy atom. The zero-order chi connectivity index (χ0) is 13.0. The molecule has 0 unspecified atom stereocenters. The molecule has 0 aromatic carbocycles. The third kappa shape index (κ3) is 3.89. The summed E-state index contributed by atoms with van der Waals surface area (Å²) in [6.07, 6.45) is 0.524. The Morgan fingerprint density at radius 1 is 1.35 bits per heavy atom. The number of carbonyl (C=O) groups is 2. The van der Waals surface area contributed by atoms with Crippen molar-refractivity contribution < 1.29 is 24.2 Å². The molecule has 1 amide bonds. The van der Waals surface area contributed by atoms with Gasteiger partial charge in [0.2, 0.25) is 0 Å². The number of aliphatic carboxylic acids is 1. The van der Waals surface area contributed by atoms with Gasteiger partial charge in [0.15, 0.2) is 0 Å². The highest BCUT2D eigenvalue weighted by molar-refractivity contribution is 5.80. The number of hydrogen-bond acceptors (Lipinski definition) is 4. The van der Waals surface area contributed by atoms with Crippen LogP contribution < -0.4 is 5.32 Å². The summed E-state index contributed by atoms with van der Waals surface area (Å²) in [7, 11) is 1.21. The van der Waals surface area contributed by atoms with Crippen LogP contribution in [0.1, 0.15) is 26.7 Å². The molecule has 0 aromatic heterocycles. The van der Waals surface area contributed by atoms with Gasteiger partial charge in [-0.25, -0.2) is 9.59 Å². The third-order valence-corrected chi connectivity index (χ3v) is 2.93. The molecule has 1 heterocycles. The number of carboxylic acids is 1. The number of amides is 1. The molecule has 0 radical (unpaired) electrons. The fourth-order valence-corrected chi connectivity index (χ4v) is 2.30. The Hall–Kier alpha value is -1.30. The van der Waals surface area contributed by atoms with E-state index >= 15 is 0 Å². The topological polar surface area (TPSA) is 84.9 Å². The Kier molecular flexibility index (Phi) is 4.74. The molecule has 6 nitrogen and oxygen atoms in total. The van der Waals surface area contributed by atoms with Crippen LogP contribution in [0.25, 0.3) is 0 Å². The van der Waals surface area contributed by atoms with Gasteiger partial charge in [-0.2, -0.15) is 0 Å². The number of methoxy groups -OCH3 is 1. The number of rotatable bonds is 3. The second-order valence-corrected chi connectivity index (χ2v) is 4.44. The maximum atomic E-state index is 11.2. The molecule has 17 heavy (non-hydrogen) atoms. The quantitative estimate of drug-likeness (QED) is 0.774. The predicted molar refractivity (Wildman–Crippen MR) is 59.7 cm³/mol. The molecule has 2 N–H and O–H groups in total. The van der Waals surface area contributed by atoms with Gasteiger partial charge >= 0.3 is 12.1 Å². The summed E-state index contributed by atoms with van der Waals surface area (Å²) >= 11 is 0. The lowest BCUT2D eigenvalue weighted by molar-refractivity contribution is -0.143. The highest BCUT2D eigenvalue weighted by Gasteiger charge is 2.35. The number of nitrogens with one attached hydrogen (secondary N) is 1. The second-order valence-electron chi connectivity index (χ2n) is 4.44. The van der Waals surface area contributed by atoms with E-state index in [1.807, 2.05) is 13.8 Å². The lowest BCUT2D eigenvalue weighted by Gasteiger charge is -2.35. The first-order valence-corrected chi connectivity index (χ1v) is 5.66. The molecule has 0 spiro atoms. The molecule has 4 atom stereocenters. The van der Waals surface area contributed by atoms with Gasteiger partial charge in [-0.1, -0.05) is 0 Å². The highest BCUT2D eigenvalue weighted by atomic mass is 16.5. The fourth-order valence-electron chi connectivity index (χ4n) is 2.30. The van der Waals surface area contributed by atoms with Crippen LogP contribution in [0, 0.1) is 5.92 Å². The van der Waals surface area contributed by atoms with E-state index < -0.39 is 18.1 Å². The standard InChI is InChI=1S/C11H19NO5/c1-6-4-8(5-7(2)17-6)9(10(13)14)12-11(15)16-3/h6-9H,4-5H2,1-3H3,(H,12,15)(H,13,14)/t6-,7+,8-,9-/m1/s1. The maximum absolute atomic E-state index is 11.2. The summed E-state index contributed by atoms with van der Waals surface area (Å²) in [5, 5.41) is 11.5. The molecule has 6 heteroatoms. The normalized spacial score (nSPS) is 30.4. The Bertz CT molecular complexity index is 284. The summed E-state index contributed by atoms with van der Waals surface area (Å²) in [5.41, 5.74) is 0. The van der Waals surface area contributed by atoms with Crippen molar-refractivity contribution in [1.82, 2.24) is 5.32 Å². The largest absolute Gasteiger partial charge is 0.480 e. The molecular formula is C11H19NO5. The number of carbonyl (C=O) groups excluding carboxylic acids is 1. The van der Waals surface area contributed by atoms with Gasteiger partial charge in [-0.3, -0.25) is 0 Å². The van der Waals surface area contributed by atoms with Crippen molar-refractivity contribution in [2.24, 2.45) is 5.92 Å². The van der Waals surface area contributed by atoms with Crippen molar-refractivity contribution in [2.45, 2.75) is 44.9 Å². The van der Waals surface area contributed by atoms with E-state index in [1.54, 1.807) is 0 Å². The van der Waals surface area contributed by atoms with Gasteiger partial charge in [-0.15, -0.1) is 0 Å². The molecule has 1 saturated heterocycles. The number of ether oxygens (including phenoxy) is 2. The molecule has 1 fully saturated rings. The molecule has 1 rings (SSSR count). The third-order valence-electron chi connectivity index (χ3n) is 2.93. The molecule has 1 aliphatic heterocycles. The zero-order valence-corrected chi connectivity index (χ0v) is 10.3. The lowest BCUT2D eigenvalue weighted by atomic mass is 9.86. The predicted octanol–water partition coefficient (Wildman–Crippen LogP) is 0.999. The fraction of sp³-hybridized carbons (Fsp3) is 0.818. The van der Waals surface area contributed by atoms with Crippen LogP contribution in [-0.4, -0.2) is 42.5 Å². The van der Waals surface area contributed by atoms with Crippen molar-refractivity contribution in [1.29, 1.82) is 0 Å². The average Bonchev–Trinajstić information content (AvgIpc) is 2.23. The number of alkyl carbamates (subject to hydrolysis) is 1. The van der Waals surface area contributed by atoms with Crippen molar-refractivity contribution in [3.8, 4) is 0 Å². The minimum atomic E-state index is -1.04. The SMILES string of the molecule is COC(=O)N[C@@H](C(=O)O)[C@@H]1C[C@@H](C)O[C@@H](C)C1. The van der Waals surface area contributed by atoms with Crippen LogP contribution in [0.15, 0.2) is 0 Å². The minimum Gasteiger partial charge on any atom is -0.480 e. The molecule has 0 bridgehead atoms. The minimum absolute atomic E-state index is 0.00467. The summed E-state index contributed by atoms with van der Waals surface area (Å²) in [6.45, 7) is 3.80. The van der Waals surface area contributed by atoms with E-state index in [2.05, 4.69) is 10.1 Å². The van der Waals surface area contributed by atoms with Crippen LogP contribution >= 0.6 is 0 Å². The van der Waals surface area contributed by atoms with Gasteiger partial charge in [0.1, 0.15) is 6.04 Å². The van der Waals surface area contributed by atoms with E-state index in [9.17, 15) is 9.59 Å². The molecule has 98 valence electrons. The summed E-state index contributed by atoms with van der Waals surface area (Å²) in [4.78, 5) is 22.3. The van der Waals surface area contributed by atoms with Gasteiger partial charge in [-0.05, 0) is 32.6 Å². The summed E-state index contributed by atoms with van der Waals surface area (Å²) in [5.74, 6) is -1.17. The van der Waals surface area contributed by atoms with Crippen molar-refractivity contribution in [3.05, 3.63) is 0 Å². The molecular weight excluding hydrogens is 226 g/mol. The second kappa shape index (κ2) is 5.86. The van der Waals surface area contributed by atoms with Crippen LogP contribution in [0.3, 0.4) is 0 Å². The zero-order valence-electron chi connectivity index (χ0n) is 10.3. The molecule has 0 aliphatic carbocycles. The smallest absolute Gasteiger partial charge is 0.407 e. The van der Waals surface area contributed by atoms with Crippen molar-refractivity contribution in [2.75, 3.05) is 7.11 Å². The van der Waals surface area contributed by atoms with E-state index in [0.29, 0.717) is 12.8 Å². The Balaban J connectivity index is 2.69. The van der Waals surface area contributed by atoms with Crippen molar-refractivity contribution >= 4 is 12.1 Å². The molecule has 1 aliphatic rings. The lowest BCUT2D eigenvalue weighted by Crippen LogP contribution is -2.49. The maximum Gasteiger partial charge on any atom is 0.407 e. The first kappa shape index (κ1) is 13.8. The monoisotopic (exact) mass is 245 g/mol. The van der Waals surface area contributed by atoms with Crippen LogP contribution in [0.5, 0.6) is 0 Å². The highest BCUT2D eigenvalue weighted by Crippen LogP contribution is 2.27. The van der Waals surface area contributed by atoms with E-state index in [1.165, 1.54) is 7.11 Å². The Morgan fingerprint density at radius 2 is 1.88 bits per heavy atom. The van der Waals surface area contributed by atoms with Gasteiger partial charge in [0, 0.05) is 0 Å². The summed E-state index contributed by atoms with van der Waals surface area (Å²) < 4.78 is 9.97. The first-order valence-electron chi connectivity index (χ1n) is 5.66. The van der Waals surface area contributed by atoms with E-state index in [0.717, 1.165) is 0 Å². The van der Waals surface area contributed by atoms with Gasteiger partial charge < -0.3 is 19.9 Å². The first-order chi connectivity index (χ1) is 7.93. The van der Waals surface area contributed by atoms with Gasteiger partial charge in [0.05, 0.1) is 19.3 Å². The molecule has 0 aromatic rings. The number of hydrogen-bond donors (Lipinski definition) is 2. The average molecular weight is 245 g/mol. The van der Waals surface area contributed by atoms with E-state index in [-0.39, 0.29) is 18.1 Å².